The van der Waals surface area contributed by atoms with Crippen molar-refractivity contribution in [2.24, 2.45) is 0 Å². The molecule has 0 radical (unpaired) electrons. The van der Waals surface area contributed by atoms with Gasteiger partial charge in [-0.15, -0.1) is 0 Å². The van der Waals surface area contributed by atoms with Crippen molar-refractivity contribution in [1.29, 1.82) is 0 Å². The number of aromatic nitrogens is 3. The lowest BCUT2D eigenvalue weighted by Gasteiger charge is -2.25. The van der Waals surface area contributed by atoms with Gasteiger partial charge in [-0.25, -0.2) is 9.97 Å². The fourth-order valence-electron chi connectivity index (χ4n) is 3.23. The van der Waals surface area contributed by atoms with Gasteiger partial charge in [0.1, 0.15) is 11.6 Å². The highest BCUT2D eigenvalue weighted by atomic mass is 16.2. The van der Waals surface area contributed by atoms with Gasteiger partial charge >= 0.3 is 0 Å². The van der Waals surface area contributed by atoms with E-state index in [1.54, 1.807) is 19.0 Å². The first kappa shape index (κ1) is 16.6. The van der Waals surface area contributed by atoms with Gasteiger partial charge in [0.25, 0.3) is 0 Å². The molecule has 2 aromatic heterocycles. The molecule has 6 heteroatoms. The van der Waals surface area contributed by atoms with Crippen molar-refractivity contribution in [2.75, 3.05) is 27.2 Å². The zero-order valence-corrected chi connectivity index (χ0v) is 14.6. The Hall–Kier alpha value is -2.21. The second-order valence-corrected chi connectivity index (χ2v) is 6.40. The van der Waals surface area contributed by atoms with Gasteiger partial charge in [0, 0.05) is 32.9 Å². The lowest BCUT2D eigenvalue weighted by molar-refractivity contribution is -0.130. The Balaban J connectivity index is 1.84. The molecule has 1 fully saturated rings. The molecule has 0 saturated carbocycles. The summed E-state index contributed by atoms with van der Waals surface area (Å²) in [5, 5.41) is 0. The first-order valence-corrected chi connectivity index (χ1v) is 8.54. The van der Waals surface area contributed by atoms with Crippen LogP contribution in [0.2, 0.25) is 0 Å². The van der Waals surface area contributed by atoms with Crippen LogP contribution in [-0.4, -0.2) is 57.4 Å². The van der Waals surface area contributed by atoms with Gasteiger partial charge in [0.05, 0.1) is 18.3 Å². The molecular formula is C18H25N5O. The van der Waals surface area contributed by atoms with Crippen molar-refractivity contribution in [3.8, 4) is 5.82 Å². The Labute approximate surface area is 143 Å². The molecule has 24 heavy (non-hydrogen) atoms. The summed E-state index contributed by atoms with van der Waals surface area (Å²) in [6.07, 6.45) is 6.77. The summed E-state index contributed by atoms with van der Waals surface area (Å²) in [4.78, 5) is 25.2. The largest absolute Gasteiger partial charge is 0.348 e. The van der Waals surface area contributed by atoms with E-state index in [9.17, 15) is 4.79 Å². The Kier molecular flexibility index (Phi) is 4.94. The molecule has 0 bridgehead atoms. The summed E-state index contributed by atoms with van der Waals surface area (Å²) in [6, 6.07) is 6.33. The van der Waals surface area contributed by atoms with Crippen molar-refractivity contribution in [3.05, 3.63) is 42.1 Å². The SMILES string of the molecule is CCc1nccn1-c1cccc([C@@H]2CCCN2CC(=O)N(C)C)n1. The third-order valence-corrected chi connectivity index (χ3v) is 4.58. The van der Waals surface area contributed by atoms with Crippen LogP contribution in [0.3, 0.4) is 0 Å². The Morgan fingerprint density at radius 3 is 2.96 bits per heavy atom. The summed E-state index contributed by atoms with van der Waals surface area (Å²) >= 11 is 0. The number of imidazole rings is 1. The van der Waals surface area contributed by atoms with Crippen LogP contribution >= 0.6 is 0 Å². The van der Waals surface area contributed by atoms with E-state index in [1.807, 2.05) is 29.1 Å². The average Bonchev–Trinajstić information content (AvgIpc) is 3.23. The molecule has 3 heterocycles. The molecule has 0 N–H and O–H groups in total. The van der Waals surface area contributed by atoms with E-state index in [1.165, 1.54) is 0 Å². The first-order valence-electron chi connectivity index (χ1n) is 8.54. The molecule has 1 saturated heterocycles. The van der Waals surface area contributed by atoms with Gasteiger partial charge in [-0.2, -0.15) is 0 Å². The molecule has 0 unspecified atom stereocenters. The van der Waals surface area contributed by atoms with E-state index >= 15 is 0 Å². The fourth-order valence-corrected chi connectivity index (χ4v) is 3.23. The number of hydrogen-bond donors (Lipinski definition) is 0. The maximum atomic E-state index is 12.1. The molecule has 0 spiro atoms. The predicted octanol–water partition coefficient (Wildman–Crippen LogP) is 2.05. The number of carbonyl (C=O) groups excluding carboxylic acids is 1. The number of carbonyl (C=O) groups is 1. The van der Waals surface area contributed by atoms with Gasteiger partial charge in [0.15, 0.2) is 0 Å². The number of nitrogens with zero attached hydrogens (tertiary/aromatic N) is 5. The van der Waals surface area contributed by atoms with Crippen LogP contribution in [-0.2, 0) is 11.2 Å². The first-order chi connectivity index (χ1) is 11.6. The molecule has 0 aromatic carbocycles. The lowest BCUT2D eigenvalue weighted by Crippen LogP contribution is -2.36. The van der Waals surface area contributed by atoms with E-state index in [0.717, 1.165) is 43.1 Å². The van der Waals surface area contributed by atoms with Crippen LogP contribution in [0.15, 0.2) is 30.6 Å². The quantitative estimate of drug-likeness (QED) is 0.843. The van der Waals surface area contributed by atoms with Gasteiger partial charge in [-0.05, 0) is 31.5 Å². The fraction of sp³-hybridized carbons (Fsp3) is 0.500. The van der Waals surface area contributed by atoms with Crippen LogP contribution in [0.4, 0.5) is 0 Å². The van der Waals surface area contributed by atoms with Gasteiger partial charge in [-0.3, -0.25) is 14.3 Å². The van der Waals surface area contributed by atoms with Crippen LogP contribution in [0, 0.1) is 0 Å². The average molecular weight is 327 g/mol. The molecular weight excluding hydrogens is 302 g/mol. The zero-order valence-electron chi connectivity index (χ0n) is 14.6. The number of aryl methyl sites for hydroxylation is 1. The normalized spacial score (nSPS) is 18.0. The molecule has 1 amide bonds. The van der Waals surface area contributed by atoms with Crippen molar-refractivity contribution in [3.63, 3.8) is 0 Å². The molecule has 6 nitrogen and oxygen atoms in total. The third kappa shape index (κ3) is 3.33. The van der Waals surface area contributed by atoms with Crippen LogP contribution in [0.5, 0.6) is 0 Å². The Bertz CT molecular complexity index is 709. The number of rotatable bonds is 5. The Morgan fingerprint density at radius 2 is 2.21 bits per heavy atom. The topological polar surface area (TPSA) is 54.3 Å². The van der Waals surface area contributed by atoms with Gasteiger partial charge in [0.2, 0.25) is 5.91 Å². The maximum absolute atomic E-state index is 12.1. The zero-order chi connectivity index (χ0) is 17.1. The molecule has 1 aliphatic rings. The van der Waals surface area contributed by atoms with E-state index in [2.05, 4.69) is 22.9 Å². The van der Waals surface area contributed by atoms with Crippen molar-refractivity contribution >= 4 is 5.91 Å². The number of pyridine rings is 1. The summed E-state index contributed by atoms with van der Waals surface area (Å²) in [7, 11) is 3.61. The number of likely N-dealkylation sites (tertiary alicyclic amines) is 1. The van der Waals surface area contributed by atoms with E-state index in [-0.39, 0.29) is 11.9 Å². The van der Waals surface area contributed by atoms with Crippen LogP contribution in [0.25, 0.3) is 5.82 Å². The molecule has 3 rings (SSSR count). The molecule has 2 aromatic rings. The monoisotopic (exact) mass is 327 g/mol. The van der Waals surface area contributed by atoms with Crippen molar-refractivity contribution in [1.82, 2.24) is 24.3 Å². The van der Waals surface area contributed by atoms with E-state index < -0.39 is 0 Å². The van der Waals surface area contributed by atoms with E-state index in [0.29, 0.717) is 6.54 Å². The van der Waals surface area contributed by atoms with Crippen LogP contribution < -0.4 is 0 Å². The highest BCUT2D eigenvalue weighted by Crippen LogP contribution is 2.31. The molecule has 128 valence electrons. The summed E-state index contributed by atoms with van der Waals surface area (Å²) < 4.78 is 2.04. The molecule has 0 aliphatic carbocycles. The number of hydrogen-bond acceptors (Lipinski definition) is 4. The van der Waals surface area contributed by atoms with Crippen molar-refractivity contribution < 1.29 is 4.79 Å². The minimum atomic E-state index is 0.140. The smallest absolute Gasteiger partial charge is 0.236 e. The highest BCUT2D eigenvalue weighted by Gasteiger charge is 2.29. The maximum Gasteiger partial charge on any atom is 0.236 e. The second-order valence-electron chi connectivity index (χ2n) is 6.40. The van der Waals surface area contributed by atoms with Crippen molar-refractivity contribution in [2.45, 2.75) is 32.2 Å². The lowest BCUT2D eigenvalue weighted by atomic mass is 10.1. The third-order valence-electron chi connectivity index (χ3n) is 4.58. The summed E-state index contributed by atoms with van der Waals surface area (Å²) in [5.41, 5.74) is 1.03. The van der Waals surface area contributed by atoms with Crippen LogP contribution in [0.1, 0.15) is 37.3 Å². The number of likely N-dealkylation sites (N-methyl/N-ethyl adjacent to an activating group) is 1. The number of amides is 1. The molecule has 1 atom stereocenters. The van der Waals surface area contributed by atoms with Gasteiger partial charge in [-0.1, -0.05) is 13.0 Å². The minimum absolute atomic E-state index is 0.140. The predicted molar refractivity (Wildman–Crippen MR) is 93.0 cm³/mol. The molecule has 1 aliphatic heterocycles. The minimum Gasteiger partial charge on any atom is -0.348 e. The second kappa shape index (κ2) is 7.13. The van der Waals surface area contributed by atoms with E-state index in [4.69, 9.17) is 4.98 Å². The highest BCUT2D eigenvalue weighted by molar-refractivity contribution is 5.77. The summed E-state index contributed by atoms with van der Waals surface area (Å²) in [6.45, 7) is 3.49. The Morgan fingerprint density at radius 1 is 1.38 bits per heavy atom. The summed E-state index contributed by atoms with van der Waals surface area (Å²) in [5.74, 6) is 2.04. The van der Waals surface area contributed by atoms with Gasteiger partial charge < -0.3 is 4.90 Å². The standard InChI is InChI=1S/C18H25N5O/c1-4-16-19-10-12-23(16)17-9-5-7-14(20-17)15-8-6-11-22(15)13-18(24)21(2)3/h5,7,9-10,12,15H,4,6,8,11,13H2,1-3H3/t15-/m0/s1.